The van der Waals surface area contributed by atoms with E-state index in [9.17, 15) is 19.3 Å². The quantitative estimate of drug-likeness (QED) is 0.612. The van der Waals surface area contributed by atoms with Crippen LogP contribution >= 0.6 is 0 Å². The third-order valence-corrected chi connectivity index (χ3v) is 3.43. The first kappa shape index (κ1) is 14.2. The average Bonchev–Trinajstić information content (AvgIpc) is 2.63. The number of amides is 1. The van der Waals surface area contributed by atoms with Crippen LogP contribution in [-0.2, 0) is 4.79 Å². The van der Waals surface area contributed by atoms with E-state index in [0.717, 1.165) is 6.07 Å². The maximum absolute atomic E-state index is 13.6. The highest BCUT2D eigenvalue weighted by Gasteiger charge is 2.26. The molecule has 0 aliphatic carbocycles. The van der Waals surface area contributed by atoms with Crippen molar-refractivity contribution in [1.82, 2.24) is 4.90 Å². The zero-order valence-corrected chi connectivity index (χ0v) is 11.2. The van der Waals surface area contributed by atoms with Gasteiger partial charge in [-0.1, -0.05) is 6.07 Å². The Hall–Kier alpha value is -2.18. The number of nitrogens with zero attached hydrogens (tertiary/aromatic N) is 3. The molecule has 0 N–H and O–H groups in total. The number of hydrogen-bond acceptors (Lipinski definition) is 4. The lowest BCUT2D eigenvalue weighted by Gasteiger charge is -2.23. The second kappa shape index (κ2) is 5.85. The van der Waals surface area contributed by atoms with Gasteiger partial charge in [-0.15, -0.1) is 0 Å². The molecule has 0 saturated carbocycles. The summed E-state index contributed by atoms with van der Waals surface area (Å²) in [4.78, 5) is 25.2. The van der Waals surface area contributed by atoms with Crippen LogP contribution in [-0.4, -0.2) is 41.9 Å². The summed E-state index contributed by atoms with van der Waals surface area (Å²) >= 11 is 0. The van der Waals surface area contributed by atoms with Crippen LogP contribution in [0.15, 0.2) is 18.2 Å². The van der Waals surface area contributed by atoms with Crippen LogP contribution in [0.3, 0.4) is 0 Å². The Balaban J connectivity index is 2.26. The zero-order valence-electron chi connectivity index (χ0n) is 11.2. The van der Waals surface area contributed by atoms with Gasteiger partial charge in [-0.05, 0) is 18.6 Å². The first-order valence-electron chi connectivity index (χ1n) is 6.44. The van der Waals surface area contributed by atoms with Gasteiger partial charge in [0.15, 0.2) is 0 Å². The molecule has 0 aromatic heterocycles. The number of hydrogen-bond donors (Lipinski definition) is 0. The van der Waals surface area contributed by atoms with E-state index in [1.165, 1.54) is 13.0 Å². The Kier molecular flexibility index (Phi) is 4.16. The van der Waals surface area contributed by atoms with Crippen LogP contribution in [0, 0.1) is 15.9 Å². The Morgan fingerprint density at radius 1 is 1.30 bits per heavy atom. The Morgan fingerprint density at radius 3 is 2.70 bits per heavy atom. The number of rotatable bonds is 2. The van der Waals surface area contributed by atoms with Gasteiger partial charge in [-0.3, -0.25) is 14.9 Å². The summed E-state index contributed by atoms with van der Waals surface area (Å²) in [5.74, 6) is -0.847. The number of carbonyl (C=O) groups is 1. The van der Waals surface area contributed by atoms with E-state index < -0.39 is 16.4 Å². The van der Waals surface area contributed by atoms with Gasteiger partial charge < -0.3 is 9.80 Å². The van der Waals surface area contributed by atoms with Gasteiger partial charge in [0, 0.05) is 33.1 Å². The lowest BCUT2D eigenvalue weighted by Crippen LogP contribution is -2.33. The van der Waals surface area contributed by atoms with Gasteiger partial charge in [-0.25, -0.2) is 0 Å². The predicted molar refractivity (Wildman–Crippen MR) is 72.1 cm³/mol. The second-order valence-corrected chi connectivity index (χ2v) is 4.71. The molecule has 0 radical (unpaired) electrons. The van der Waals surface area contributed by atoms with Gasteiger partial charge in [0.25, 0.3) is 0 Å². The van der Waals surface area contributed by atoms with E-state index in [1.807, 2.05) is 0 Å². The van der Waals surface area contributed by atoms with Crippen LogP contribution in [0.4, 0.5) is 15.8 Å². The fourth-order valence-electron chi connectivity index (χ4n) is 2.41. The molecule has 1 saturated heterocycles. The maximum Gasteiger partial charge on any atom is 0.327 e. The number of para-hydroxylation sites is 1. The molecule has 0 bridgehead atoms. The highest BCUT2D eigenvalue weighted by molar-refractivity contribution is 5.73. The highest BCUT2D eigenvalue weighted by Crippen LogP contribution is 2.31. The third kappa shape index (κ3) is 2.87. The van der Waals surface area contributed by atoms with Gasteiger partial charge in [0.2, 0.25) is 11.7 Å². The van der Waals surface area contributed by atoms with Crippen LogP contribution in [0.5, 0.6) is 0 Å². The van der Waals surface area contributed by atoms with E-state index >= 15 is 0 Å². The molecule has 1 aliphatic heterocycles. The molecule has 1 aromatic carbocycles. The molecule has 7 heteroatoms. The Morgan fingerprint density at radius 2 is 2.05 bits per heavy atom. The van der Waals surface area contributed by atoms with Crippen LogP contribution < -0.4 is 4.90 Å². The molecule has 20 heavy (non-hydrogen) atoms. The van der Waals surface area contributed by atoms with Crippen molar-refractivity contribution < 1.29 is 14.1 Å². The van der Waals surface area contributed by atoms with Crippen molar-refractivity contribution >= 4 is 17.3 Å². The van der Waals surface area contributed by atoms with E-state index in [2.05, 4.69) is 0 Å². The number of benzene rings is 1. The average molecular weight is 281 g/mol. The lowest BCUT2D eigenvalue weighted by molar-refractivity contribution is -0.386. The summed E-state index contributed by atoms with van der Waals surface area (Å²) in [6.07, 6.45) is 0.702. The number of anilines is 1. The predicted octanol–water partition coefficient (Wildman–Crippen LogP) is 1.79. The van der Waals surface area contributed by atoms with Gasteiger partial charge in [0.1, 0.15) is 5.69 Å². The Bertz CT molecular complexity index is 536. The molecule has 0 unspecified atom stereocenters. The van der Waals surface area contributed by atoms with E-state index in [4.69, 9.17) is 0 Å². The van der Waals surface area contributed by atoms with Crippen LogP contribution in [0.2, 0.25) is 0 Å². The minimum atomic E-state index is -0.833. The number of nitro groups is 1. The fourth-order valence-corrected chi connectivity index (χ4v) is 2.41. The minimum absolute atomic E-state index is 0.0133. The number of carbonyl (C=O) groups excluding carboxylic acids is 1. The number of halogens is 1. The molecule has 108 valence electrons. The molecule has 0 spiro atoms. The molecule has 0 atom stereocenters. The first-order chi connectivity index (χ1) is 9.50. The summed E-state index contributed by atoms with van der Waals surface area (Å²) in [6, 6.07) is 4.09. The van der Waals surface area contributed by atoms with Crippen LogP contribution in [0.1, 0.15) is 13.3 Å². The maximum atomic E-state index is 13.6. The Labute approximate surface area is 115 Å². The van der Waals surface area contributed by atoms with Gasteiger partial charge >= 0.3 is 5.69 Å². The summed E-state index contributed by atoms with van der Waals surface area (Å²) in [6.45, 7) is 3.64. The third-order valence-electron chi connectivity index (χ3n) is 3.43. The largest absolute Gasteiger partial charge is 0.364 e. The van der Waals surface area contributed by atoms with E-state index in [0.29, 0.717) is 32.6 Å². The summed E-state index contributed by atoms with van der Waals surface area (Å²) in [5.41, 5.74) is -0.218. The molecule has 1 fully saturated rings. The fraction of sp³-hybridized carbons (Fsp3) is 0.462. The highest BCUT2D eigenvalue weighted by atomic mass is 19.1. The van der Waals surface area contributed by atoms with Gasteiger partial charge in [-0.2, -0.15) is 4.39 Å². The van der Waals surface area contributed by atoms with E-state index in [1.54, 1.807) is 15.9 Å². The summed E-state index contributed by atoms with van der Waals surface area (Å²) < 4.78 is 13.6. The molecule has 6 nitrogen and oxygen atoms in total. The number of nitro benzene ring substituents is 1. The molecular weight excluding hydrogens is 265 g/mol. The molecule has 1 amide bonds. The molecule has 2 rings (SSSR count). The first-order valence-corrected chi connectivity index (χ1v) is 6.44. The molecule has 1 aromatic rings. The van der Waals surface area contributed by atoms with Gasteiger partial charge in [0.05, 0.1) is 4.92 Å². The smallest absolute Gasteiger partial charge is 0.327 e. The molecule has 1 aliphatic rings. The molecular formula is C13H16FN3O3. The summed E-state index contributed by atoms with van der Waals surface area (Å²) in [7, 11) is 0. The van der Waals surface area contributed by atoms with Crippen molar-refractivity contribution in [1.29, 1.82) is 0 Å². The van der Waals surface area contributed by atoms with Crippen molar-refractivity contribution in [3.05, 3.63) is 34.1 Å². The van der Waals surface area contributed by atoms with Crippen molar-refractivity contribution in [2.24, 2.45) is 0 Å². The summed E-state index contributed by atoms with van der Waals surface area (Å²) in [5, 5.41) is 11.0. The van der Waals surface area contributed by atoms with Crippen molar-refractivity contribution in [2.75, 3.05) is 31.1 Å². The van der Waals surface area contributed by atoms with Crippen molar-refractivity contribution in [3.8, 4) is 0 Å². The normalized spacial score (nSPS) is 15.9. The monoisotopic (exact) mass is 281 g/mol. The van der Waals surface area contributed by atoms with Crippen molar-refractivity contribution in [2.45, 2.75) is 13.3 Å². The lowest BCUT2D eigenvalue weighted by atomic mass is 10.2. The zero-order chi connectivity index (χ0) is 14.7. The van der Waals surface area contributed by atoms with Crippen LogP contribution in [0.25, 0.3) is 0 Å². The van der Waals surface area contributed by atoms with Crippen molar-refractivity contribution in [3.63, 3.8) is 0 Å². The standard InChI is InChI=1S/C13H16FN3O3/c1-10(18)15-6-3-7-16(9-8-15)12-5-2-4-11(14)13(12)17(19)20/h2,4-5H,3,6-9H2,1H3. The molecule has 1 heterocycles. The second-order valence-electron chi connectivity index (χ2n) is 4.71. The minimum Gasteiger partial charge on any atom is -0.364 e. The SMILES string of the molecule is CC(=O)N1CCCN(c2cccc(F)c2[N+](=O)[O-])CC1. The van der Waals surface area contributed by atoms with E-state index in [-0.39, 0.29) is 11.6 Å². The topological polar surface area (TPSA) is 66.7 Å².